The summed E-state index contributed by atoms with van der Waals surface area (Å²) in [5.41, 5.74) is 0. The zero-order valence-corrected chi connectivity index (χ0v) is 12.2. The maximum Gasteiger partial charge on any atom is 0.234 e. The molecule has 2 fully saturated rings. The third kappa shape index (κ3) is 3.93. The minimum absolute atomic E-state index is 0.0746. The molecule has 2 amide bonds. The number of nitrogens with one attached hydrogen (secondary N) is 1. The van der Waals surface area contributed by atoms with Crippen LogP contribution in [-0.4, -0.2) is 60.4 Å². The smallest absolute Gasteiger partial charge is 0.234 e. The number of nitrogens with zero attached hydrogens (tertiary/aromatic N) is 2. The maximum atomic E-state index is 12.1. The number of hydrogen-bond acceptors (Lipinski definition) is 3. The molecule has 1 N–H and O–H groups in total. The molecule has 2 atom stereocenters. The molecule has 0 aromatic carbocycles. The van der Waals surface area contributed by atoms with Gasteiger partial charge in [-0.1, -0.05) is 6.92 Å². The number of amides is 2. The zero-order valence-electron chi connectivity index (χ0n) is 12.2. The van der Waals surface area contributed by atoms with Crippen LogP contribution in [-0.2, 0) is 9.59 Å². The van der Waals surface area contributed by atoms with Crippen LogP contribution >= 0.6 is 0 Å². The van der Waals surface area contributed by atoms with E-state index in [1.165, 1.54) is 0 Å². The van der Waals surface area contributed by atoms with E-state index in [1.807, 2.05) is 18.7 Å². The topological polar surface area (TPSA) is 52.7 Å². The Bertz CT molecular complexity index is 349. The third-order valence-electron chi connectivity index (χ3n) is 3.93. The van der Waals surface area contributed by atoms with Gasteiger partial charge in [-0.15, -0.1) is 0 Å². The van der Waals surface area contributed by atoms with Gasteiger partial charge in [0.15, 0.2) is 0 Å². The van der Waals surface area contributed by atoms with Crippen molar-refractivity contribution in [2.75, 3.05) is 32.7 Å². The normalized spacial score (nSPS) is 27.5. The van der Waals surface area contributed by atoms with Crippen molar-refractivity contribution in [3.63, 3.8) is 0 Å². The van der Waals surface area contributed by atoms with Crippen molar-refractivity contribution in [2.45, 2.75) is 33.2 Å². The summed E-state index contributed by atoms with van der Waals surface area (Å²) in [4.78, 5) is 27.8. The summed E-state index contributed by atoms with van der Waals surface area (Å²) in [6, 6.07) is 0.187. The lowest BCUT2D eigenvalue weighted by atomic mass is 10.2. The van der Waals surface area contributed by atoms with Crippen LogP contribution in [0.15, 0.2) is 0 Å². The summed E-state index contributed by atoms with van der Waals surface area (Å²) < 4.78 is 0. The molecule has 1 aliphatic carbocycles. The van der Waals surface area contributed by atoms with Gasteiger partial charge in [0.2, 0.25) is 11.8 Å². The Morgan fingerprint density at radius 3 is 2.26 bits per heavy atom. The third-order valence-corrected chi connectivity index (χ3v) is 3.93. The minimum Gasteiger partial charge on any atom is -0.353 e. The van der Waals surface area contributed by atoms with E-state index < -0.39 is 0 Å². The Kier molecular flexibility index (Phi) is 4.45. The van der Waals surface area contributed by atoms with E-state index in [4.69, 9.17) is 0 Å². The Labute approximate surface area is 115 Å². The standard InChI is InChI=1S/C14H25N3O2/c1-10(2)15-13(18)9-16-4-6-17(7-5-16)14(19)12-8-11(12)3/h10-12H,4-9H2,1-3H3,(H,15,18)/t11-,12-/m0/s1. The van der Waals surface area contributed by atoms with Gasteiger partial charge in [0.1, 0.15) is 0 Å². The van der Waals surface area contributed by atoms with Gasteiger partial charge in [-0.2, -0.15) is 0 Å². The van der Waals surface area contributed by atoms with Crippen molar-refractivity contribution in [3.8, 4) is 0 Å². The summed E-state index contributed by atoms with van der Waals surface area (Å²) in [6.07, 6.45) is 1.05. The van der Waals surface area contributed by atoms with E-state index in [0.717, 1.165) is 32.6 Å². The van der Waals surface area contributed by atoms with Crippen molar-refractivity contribution >= 4 is 11.8 Å². The van der Waals surface area contributed by atoms with E-state index in [2.05, 4.69) is 17.1 Å². The molecule has 2 aliphatic rings. The lowest BCUT2D eigenvalue weighted by Gasteiger charge is -2.34. The van der Waals surface area contributed by atoms with E-state index >= 15 is 0 Å². The fourth-order valence-corrected chi connectivity index (χ4v) is 2.60. The first-order valence-electron chi connectivity index (χ1n) is 7.28. The molecule has 19 heavy (non-hydrogen) atoms. The Morgan fingerprint density at radius 1 is 1.21 bits per heavy atom. The average Bonchev–Trinajstić information content (AvgIpc) is 3.05. The minimum atomic E-state index is 0.0746. The summed E-state index contributed by atoms with van der Waals surface area (Å²) in [6.45, 7) is 9.64. The molecule has 1 heterocycles. The van der Waals surface area contributed by atoms with Crippen molar-refractivity contribution in [3.05, 3.63) is 0 Å². The number of piperazine rings is 1. The average molecular weight is 267 g/mol. The molecule has 108 valence electrons. The van der Waals surface area contributed by atoms with Crippen LogP contribution in [0.5, 0.6) is 0 Å². The fraction of sp³-hybridized carbons (Fsp3) is 0.857. The van der Waals surface area contributed by atoms with Gasteiger partial charge in [-0.3, -0.25) is 14.5 Å². The van der Waals surface area contributed by atoms with Crippen molar-refractivity contribution < 1.29 is 9.59 Å². The number of carbonyl (C=O) groups is 2. The molecular formula is C14H25N3O2. The highest BCUT2D eigenvalue weighted by Crippen LogP contribution is 2.39. The number of hydrogen-bond donors (Lipinski definition) is 1. The number of rotatable bonds is 4. The van der Waals surface area contributed by atoms with Crippen LogP contribution in [0.25, 0.3) is 0 Å². The molecule has 5 heteroatoms. The van der Waals surface area contributed by atoms with Gasteiger partial charge in [0.05, 0.1) is 6.54 Å². The molecule has 1 saturated heterocycles. The summed E-state index contributed by atoms with van der Waals surface area (Å²) in [5.74, 6) is 1.24. The van der Waals surface area contributed by atoms with Crippen LogP contribution < -0.4 is 5.32 Å². The van der Waals surface area contributed by atoms with Crippen LogP contribution in [0.1, 0.15) is 27.2 Å². The quantitative estimate of drug-likeness (QED) is 0.797. The van der Waals surface area contributed by atoms with Gasteiger partial charge in [0.25, 0.3) is 0 Å². The molecule has 0 bridgehead atoms. The summed E-state index contributed by atoms with van der Waals surface area (Å²) >= 11 is 0. The van der Waals surface area contributed by atoms with Crippen LogP contribution in [0.2, 0.25) is 0 Å². The van der Waals surface area contributed by atoms with Crippen molar-refractivity contribution in [1.29, 1.82) is 0 Å². The molecule has 5 nitrogen and oxygen atoms in total. The maximum absolute atomic E-state index is 12.1. The highest BCUT2D eigenvalue weighted by atomic mass is 16.2. The summed E-state index contributed by atoms with van der Waals surface area (Å²) in [7, 11) is 0. The van der Waals surface area contributed by atoms with Crippen molar-refractivity contribution in [1.82, 2.24) is 15.1 Å². The lowest BCUT2D eigenvalue weighted by Crippen LogP contribution is -2.52. The molecule has 1 aliphatic heterocycles. The van der Waals surface area contributed by atoms with E-state index in [0.29, 0.717) is 18.4 Å². The zero-order chi connectivity index (χ0) is 14.0. The Morgan fingerprint density at radius 2 is 1.79 bits per heavy atom. The van der Waals surface area contributed by atoms with Crippen LogP contribution in [0.4, 0.5) is 0 Å². The first-order chi connectivity index (χ1) is 8.97. The first-order valence-corrected chi connectivity index (χ1v) is 7.28. The second-order valence-corrected chi connectivity index (χ2v) is 6.14. The molecule has 0 unspecified atom stereocenters. The number of carbonyl (C=O) groups excluding carboxylic acids is 2. The van der Waals surface area contributed by atoms with E-state index in [9.17, 15) is 9.59 Å². The Balaban J connectivity index is 1.70. The molecule has 0 radical (unpaired) electrons. The molecule has 2 rings (SSSR count). The lowest BCUT2D eigenvalue weighted by molar-refractivity contribution is -0.134. The van der Waals surface area contributed by atoms with Crippen LogP contribution in [0, 0.1) is 11.8 Å². The van der Waals surface area contributed by atoms with Crippen molar-refractivity contribution in [2.24, 2.45) is 11.8 Å². The fourth-order valence-electron chi connectivity index (χ4n) is 2.60. The van der Waals surface area contributed by atoms with Gasteiger partial charge >= 0.3 is 0 Å². The Hall–Kier alpha value is -1.10. The van der Waals surface area contributed by atoms with Gasteiger partial charge in [-0.05, 0) is 26.2 Å². The molecule has 0 spiro atoms. The molecule has 0 aromatic heterocycles. The second kappa shape index (κ2) is 5.90. The second-order valence-electron chi connectivity index (χ2n) is 6.14. The first kappa shape index (κ1) is 14.3. The highest BCUT2D eigenvalue weighted by molar-refractivity contribution is 5.82. The monoisotopic (exact) mass is 267 g/mol. The largest absolute Gasteiger partial charge is 0.353 e. The van der Waals surface area contributed by atoms with Gasteiger partial charge in [0, 0.05) is 38.1 Å². The van der Waals surface area contributed by atoms with E-state index in [-0.39, 0.29) is 17.9 Å². The molecular weight excluding hydrogens is 242 g/mol. The molecule has 1 saturated carbocycles. The predicted molar refractivity (Wildman–Crippen MR) is 73.6 cm³/mol. The SMILES string of the molecule is CC(C)NC(=O)CN1CCN(C(=O)[C@H]2C[C@@H]2C)CC1. The van der Waals surface area contributed by atoms with Crippen LogP contribution in [0.3, 0.4) is 0 Å². The van der Waals surface area contributed by atoms with E-state index in [1.54, 1.807) is 0 Å². The van der Waals surface area contributed by atoms with Gasteiger partial charge in [-0.25, -0.2) is 0 Å². The summed E-state index contributed by atoms with van der Waals surface area (Å²) in [5, 5.41) is 2.90. The predicted octanol–water partition coefficient (Wildman–Crippen LogP) is 0.311. The highest BCUT2D eigenvalue weighted by Gasteiger charge is 2.41. The molecule has 0 aromatic rings. The van der Waals surface area contributed by atoms with Gasteiger partial charge < -0.3 is 10.2 Å².